The van der Waals surface area contributed by atoms with Crippen LogP contribution in [0.5, 0.6) is 5.75 Å². The number of halogens is 1. The van der Waals surface area contributed by atoms with Crippen LogP contribution in [0, 0.1) is 0 Å². The van der Waals surface area contributed by atoms with Crippen molar-refractivity contribution >= 4 is 15.9 Å². The summed E-state index contributed by atoms with van der Waals surface area (Å²) < 4.78 is 6.29. The maximum atomic E-state index is 5.50. The molecule has 0 fully saturated rings. The summed E-state index contributed by atoms with van der Waals surface area (Å²) in [5.41, 5.74) is 6.70. The third-order valence-corrected chi connectivity index (χ3v) is 3.27. The lowest BCUT2D eigenvalue weighted by atomic mass is 10.2. The molecule has 0 radical (unpaired) electrons. The van der Waals surface area contributed by atoms with E-state index in [4.69, 9.17) is 10.5 Å². The molecule has 4 heteroatoms. The molecule has 0 saturated heterocycles. The Morgan fingerprint density at radius 1 is 1.50 bits per heavy atom. The van der Waals surface area contributed by atoms with Gasteiger partial charge in [0.1, 0.15) is 5.75 Å². The molecule has 3 nitrogen and oxygen atoms in total. The van der Waals surface area contributed by atoms with Crippen molar-refractivity contribution in [1.82, 2.24) is 5.32 Å². The number of hydrogen-bond donors (Lipinski definition) is 2. The molecule has 0 aliphatic heterocycles. The summed E-state index contributed by atoms with van der Waals surface area (Å²) in [7, 11) is 1.68. The van der Waals surface area contributed by atoms with Gasteiger partial charge in [-0.3, -0.25) is 0 Å². The molecule has 0 aliphatic carbocycles. The zero-order valence-electron chi connectivity index (χ0n) is 9.79. The first-order valence-corrected chi connectivity index (χ1v) is 6.22. The molecule has 1 aromatic rings. The molecular weight excluding hydrogens is 268 g/mol. The smallest absolute Gasteiger partial charge is 0.119 e. The molecule has 0 heterocycles. The lowest BCUT2D eigenvalue weighted by Crippen LogP contribution is -2.27. The normalized spacial score (nSPS) is 12.5. The SMILES string of the molecule is COc1ccc(Br)c(CNC(C)CCN)c1. The van der Waals surface area contributed by atoms with Crippen molar-refractivity contribution in [1.29, 1.82) is 0 Å². The highest BCUT2D eigenvalue weighted by Crippen LogP contribution is 2.22. The van der Waals surface area contributed by atoms with Crippen molar-refractivity contribution in [2.45, 2.75) is 25.9 Å². The monoisotopic (exact) mass is 286 g/mol. The van der Waals surface area contributed by atoms with Crippen LogP contribution in [0.3, 0.4) is 0 Å². The predicted octanol–water partition coefficient (Wildman–Crippen LogP) is 2.28. The van der Waals surface area contributed by atoms with E-state index >= 15 is 0 Å². The Kier molecular flexibility index (Phi) is 5.80. The van der Waals surface area contributed by atoms with Gasteiger partial charge in [-0.15, -0.1) is 0 Å². The molecule has 0 saturated carbocycles. The molecule has 0 amide bonds. The first-order chi connectivity index (χ1) is 7.67. The maximum Gasteiger partial charge on any atom is 0.119 e. The van der Waals surface area contributed by atoms with Crippen LogP contribution >= 0.6 is 15.9 Å². The number of rotatable bonds is 6. The number of methoxy groups -OCH3 is 1. The van der Waals surface area contributed by atoms with Crippen molar-refractivity contribution in [3.8, 4) is 5.75 Å². The van der Waals surface area contributed by atoms with Crippen molar-refractivity contribution in [3.63, 3.8) is 0 Å². The number of nitrogens with two attached hydrogens (primary N) is 1. The van der Waals surface area contributed by atoms with E-state index in [1.807, 2.05) is 18.2 Å². The van der Waals surface area contributed by atoms with E-state index in [2.05, 4.69) is 28.2 Å². The minimum atomic E-state index is 0.433. The molecule has 0 bridgehead atoms. The fourth-order valence-corrected chi connectivity index (χ4v) is 1.84. The van der Waals surface area contributed by atoms with Gasteiger partial charge in [0.25, 0.3) is 0 Å². The molecule has 1 unspecified atom stereocenters. The third kappa shape index (κ3) is 4.12. The van der Waals surface area contributed by atoms with E-state index in [0.29, 0.717) is 12.6 Å². The van der Waals surface area contributed by atoms with E-state index < -0.39 is 0 Å². The minimum Gasteiger partial charge on any atom is -0.497 e. The largest absolute Gasteiger partial charge is 0.497 e. The maximum absolute atomic E-state index is 5.50. The van der Waals surface area contributed by atoms with Gasteiger partial charge in [0.15, 0.2) is 0 Å². The minimum absolute atomic E-state index is 0.433. The zero-order chi connectivity index (χ0) is 12.0. The fourth-order valence-electron chi connectivity index (χ4n) is 1.45. The summed E-state index contributed by atoms with van der Waals surface area (Å²) >= 11 is 3.53. The molecule has 0 aliphatic rings. The summed E-state index contributed by atoms with van der Waals surface area (Å²) in [5, 5.41) is 3.43. The van der Waals surface area contributed by atoms with E-state index in [-0.39, 0.29) is 0 Å². The number of nitrogens with one attached hydrogen (secondary N) is 1. The highest BCUT2D eigenvalue weighted by Gasteiger charge is 2.04. The van der Waals surface area contributed by atoms with Crippen LogP contribution in [-0.2, 0) is 6.54 Å². The molecule has 1 atom stereocenters. The molecule has 0 aromatic heterocycles. The van der Waals surface area contributed by atoms with E-state index in [9.17, 15) is 0 Å². The number of hydrogen-bond acceptors (Lipinski definition) is 3. The summed E-state index contributed by atoms with van der Waals surface area (Å²) in [4.78, 5) is 0. The Labute approximate surface area is 105 Å². The Morgan fingerprint density at radius 3 is 2.88 bits per heavy atom. The lowest BCUT2D eigenvalue weighted by molar-refractivity contribution is 0.413. The van der Waals surface area contributed by atoms with Crippen LogP contribution in [0.25, 0.3) is 0 Å². The van der Waals surface area contributed by atoms with Crippen LogP contribution in [0.1, 0.15) is 18.9 Å². The van der Waals surface area contributed by atoms with Crippen LogP contribution in [0.15, 0.2) is 22.7 Å². The Balaban J connectivity index is 2.58. The van der Waals surface area contributed by atoms with Crippen molar-refractivity contribution in [2.24, 2.45) is 5.73 Å². The first kappa shape index (κ1) is 13.5. The Bertz CT molecular complexity index is 331. The van der Waals surface area contributed by atoms with E-state index in [1.165, 1.54) is 5.56 Å². The molecule has 16 heavy (non-hydrogen) atoms. The number of benzene rings is 1. The van der Waals surface area contributed by atoms with Gasteiger partial charge in [-0.2, -0.15) is 0 Å². The average Bonchev–Trinajstić information content (AvgIpc) is 2.28. The summed E-state index contributed by atoms with van der Waals surface area (Å²) in [6.07, 6.45) is 0.988. The van der Waals surface area contributed by atoms with Crippen molar-refractivity contribution < 1.29 is 4.74 Å². The average molecular weight is 287 g/mol. The van der Waals surface area contributed by atoms with Gasteiger partial charge in [0, 0.05) is 17.1 Å². The Morgan fingerprint density at radius 2 is 2.25 bits per heavy atom. The van der Waals surface area contributed by atoms with E-state index in [1.54, 1.807) is 7.11 Å². The van der Waals surface area contributed by atoms with Gasteiger partial charge < -0.3 is 15.8 Å². The molecule has 90 valence electrons. The first-order valence-electron chi connectivity index (χ1n) is 5.43. The lowest BCUT2D eigenvalue weighted by Gasteiger charge is -2.14. The van der Waals surface area contributed by atoms with Crippen LogP contribution < -0.4 is 15.8 Å². The van der Waals surface area contributed by atoms with Gasteiger partial charge in [-0.25, -0.2) is 0 Å². The van der Waals surface area contributed by atoms with Crippen LogP contribution in [-0.4, -0.2) is 19.7 Å². The fraction of sp³-hybridized carbons (Fsp3) is 0.500. The molecular formula is C12H19BrN2O. The standard InChI is InChI=1S/C12H19BrN2O/c1-9(5-6-14)15-8-10-7-11(16-2)3-4-12(10)13/h3-4,7,9,15H,5-6,8,14H2,1-2H3. The molecule has 1 aromatic carbocycles. The number of ether oxygens (including phenoxy) is 1. The van der Waals surface area contributed by atoms with Gasteiger partial charge in [0.05, 0.1) is 7.11 Å². The molecule has 3 N–H and O–H groups in total. The van der Waals surface area contributed by atoms with Crippen LogP contribution in [0.2, 0.25) is 0 Å². The second kappa shape index (κ2) is 6.89. The van der Waals surface area contributed by atoms with Gasteiger partial charge >= 0.3 is 0 Å². The highest BCUT2D eigenvalue weighted by atomic mass is 79.9. The second-order valence-corrected chi connectivity index (χ2v) is 4.67. The second-order valence-electron chi connectivity index (χ2n) is 3.82. The predicted molar refractivity (Wildman–Crippen MR) is 70.7 cm³/mol. The van der Waals surface area contributed by atoms with Gasteiger partial charge in [-0.05, 0) is 43.7 Å². The molecule has 1 rings (SSSR count). The quantitative estimate of drug-likeness (QED) is 0.844. The Hall–Kier alpha value is -0.580. The topological polar surface area (TPSA) is 47.3 Å². The summed E-state index contributed by atoms with van der Waals surface area (Å²) in [6.45, 7) is 3.67. The van der Waals surface area contributed by atoms with E-state index in [0.717, 1.165) is 23.2 Å². The highest BCUT2D eigenvalue weighted by molar-refractivity contribution is 9.10. The van der Waals surface area contributed by atoms with Gasteiger partial charge in [-0.1, -0.05) is 15.9 Å². The van der Waals surface area contributed by atoms with Crippen molar-refractivity contribution in [3.05, 3.63) is 28.2 Å². The molecule has 0 spiro atoms. The van der Waals surface area contributed by atoms with Gasteiger partial charge in [0.2, 0.25) is 0 Å². The summed E-state index contributed by atoms with van der Waals surface area (Å²) in [6, 6.07) is 6.41. The summed E-state index contributed by atoms with van der Waals surface area (Å²) in [5.74, 6) is 0.881. The van der Waals surface area contributed by atoms with Crippen LogP contribution in [0.4, 0.5) is 0 Å². The van der Waals surface area contributed by atoms with Crippen molar-refractivity contribution in [2.75, 3.05) is 13.7 Å². The zero-order valence-corrected chi connectivity index (χ0v) is 11.4. The third-order valence-electron chi connectivity index (χ3n) is 2.49.